The Morgan fingerprint density at radius 3 is 2.11 bits per heavy atom. The molecule has 0 N–H and O–H groups in total. The van der Waals surface area contributed by atoms with Gasteiger partial charge in [-0.1, -0.05) is 37.5 Å². The molecule has 0 saturated heterocycles. The van der Waals surface area contributed by atoms with Crippen molar-refractivity contribution in [2.45, 2.75) is 58.3 Å². The number of allylic oxidation sites excluding steroid dienone is 2. The van der Waals surface area contributed by atoms with Gasteiger partial charge in [0, 0.05) is 11.6 Å². The smallest absolute Gasteiger partial charge is 0.131 e. The summed E-state index contributed by atoms with van der Waals surface area (Å²) in [6, 6.07) is 8.31. The molecule has 0 unspecified atom stereocenters. The molecule has 0 nitrogen and oxygen atoms in total. The lowest BCUT2D eigenvalue weighted by molar-refractivity contribution is 0.313. The van der Waals surface area contributed by atoms with Gasteiger partial charge in [0.25, 0.3) is 0 Å². The molecule has 3 heteroatoms. The number of hydrogen-bond acceptors (Lipinski definition) is 0. The fraction of sp³-hybridized carbons (Fsp3) is 0.440. The van der Waals surface area contributed by atoms with Crippen molar-refractivity contribution in [2.75, 3.05) is 0 Å². The van der Waals surface area contributed by atoms with Crippen molar-refractivity contribution in [3.05, 3.63) is 65.0 Å². The van der Waals surface area contributed by atoms with Crippen LogP contribution in [0, 0.1) is 29.3 Å². The second-order valence-corrected chi connectivity index (χ2v) is 8.52. The van der Waals surface area contributed by atoms with Crippen LogP contribution in [0.5, 0.6) is 0 Å². The third kappa shape index (κ3) is 4.04. The molecule has 1 fully saturated rings. The van der Waals surface area contributed by atoms with E-state index >= 15 is 0 Å². The van der Waals surface area contributed by atoms with Crippen molar-refractivity contribution in [3.63, 3.8) is 0 Å². The van der Waals surface area contributed by atoms with Crippen LogP contribution in [0.4, 0.5) is 13.2 Å². The minimum atomic E-state index is -0.692. The molecule has 0 bridgehead atoms. The van der Waals surface area contributed by atoms with Gasteiger partial charge in [-0.15, -0.1) is 0 Å². The zero-order chi connectivity index (χ0) is 19.7. The molecule has 2 aromatic rings. The van der Waals surface area contributed by atoms with Crippen molar-refractivity contribution in [1.29, 1.82) is 0 Å². The molecule has 0 atom stereocenters. The Morgan fingerprint density at radius 1 is 0.750 bits per heavy atom. The molecule has 2 aromatic carbocycles. The van der Waals surface area contributed by atoms with Gasteiger partial charge in [0.1, 0.15) is 17.5 Å². The van der Waals surface area contributed by atoms with Crippen LogP contribution >= 0.6 is 0 Å². The highest BCUT2D eigenvalue weighted by Crippen LogP contribution is 2.43. The quantitative estimate of drug-likeness (QED) is 0.504. The van der Waals surface area contributed by atoms with Crippen LogP contribution in [0.3, 0.4) is 0 Å². The largest absolute Gasteiger partial charge is 0.207 e. The molecule has 0 aliphatic heterocycles. The van der Waals surface area contributed by atoms with Crippen molar-refractivity contribution in [2.24, 2.45) is 11.8 Å². The van der Waals surface area contributed by atoms with Crippen LogP contribution in [0.15, 0.2) is 42.0 Å². The first-order chi connectivity index (χ1) is 13.5. The summed E-state index contributed by atoms with van der Waals surface area (Å²) in [6.07, 6.45) is 9.50. The Morgan fingerprint density at radius 2 is 1.43 bits per heavy atom. The van der Waals surface area contributed by atoms with Crippen LogP contribution < -0.4 is 0 Å². The van der Waals surface area contributed by atoms with Crippen molar-refractivity contribution in [1.82, 2.24) is 0 Å². The molecule has 148 valence electrons. The van der Waals surface area contributed by atoms with Gasteiger partial charge in [-0.3, -0.25) is 0 Å². The molecule has 0 aromatic heterocycles. The van der Waals surface area contributed by atoms with Gasteiger partial charge in [0.2, 0.25) is 0 Å². The highest BCUT2D eigenvalue weighted by Gasteiger charge is 2.26. The van der Waals surface area contributed by atoms with E-state index < -0.39 is 17.5 Å². The zero-order valence-electron chi connectivity index (χ0n) is 16.4. The third-order valence-corrected chi connectivity index (χ3v) is 6.51. The van der Waals surface area contributed by atoms with E-state index in [1.165, 1.54) is 55.4 Å². The summed E-state index contributed by atoms with van der Waals surface area (Å²) in [5.74, 6) is -0.361. The first kappa shape index (κ1) is 19.3. The standard InChI is InChI=1S/C25H27F3/c1-16-6-8-17(9-7-16)22-4-2-3-5-23(22)18-10-11-24(25(28)14-18)19-12-20(26)15-21(27)13-19/h10-17H,2-9H2,1H3/t16-,17-. The van der Waals surface area contributed by atoms with Crippen LogP contribution in [0.1, 0.15) is 63.9 Å². The molecular formula is C25H27F3. The second kappa shape index (κ2) is 8.14. The average Bonchev–Trinajstić information content (AvgIpc) is 2.68. The maximum atomic E-state index is 14.9. The van der Waals surface area contributed by atoms with E-state index in [0.29, 0.717) is 5.92 Å². The summed E-state index contributed by atoms with van der Waals surface area (Å²) in [5, 5.41) is 0. The summed E-state index contributed by atoms with van der Waals surface area (Å²) in [6.45, 7) is 2.33. The lowest BCUT2D eigenvalue weighted by atomic mass is 9.73. The van der Waals surface area contributed by atoms with Gasteiger partial charge in [-0.25, -0.2) is 13.2 Å². The van der Waals surface area contributed by atoms with E-state index in [9.17, 15) is 13.2 Å². The Bertz CT molecular complexity index is 868. The van der Waals surface area contributed by atoms with E-state index in [-0.39, 0.29) is 11.1 Å². The Balaban J connectivity index is 1.68. The van der Waals surface area contributed by atoms with E-state index in [4.69, 9.17) is 0 Å². The predicted octanol–water partition coefficient (Wildman–Crippen LogP) is 7.92. The van der Waals surface area contributed by atoms with Gasteiger partial charge in [0.05, 0.1) is 0 Å². The molecule has 0 amide bonds. The van der Waals surface area contributed by atoms with Gasteiger partial charge < -0.3 is 0 Å². The highest BCUT2D eigenvalue weighted by molar-refractivity contribution is 5.73. The highest BCUT2D eigenvalue weighted by atomic mass is 19.1. The van der Waals surface area contributed by atoms with Crippen LogP contribution in [0.2, 0.25) is 0 Å². The summed E-state index contributed by atoms with van der Waals surface area (Å²) in [4.78, 5) is 0. The number of halogens is 3. The van der Waals surface area contributed by atoms with Crippen LogP contribution in [0.25, 0.3) is 16.7 Å². The van der Waals surface area contributed by atoms with Gasteiger partial charge in [-0.05, 0) is 85.3 Å². The minimum Gasteiger partial charge on any atom is -0.207 e. The third-order valence-electron chi connectivity index (χ3n) is 6.51. The SMILES string of the molecule is C[C@H]1CC[C@H](C2=C(c3ccc(-c4cc(F)cc(F)c4)c(F)c3)CCCC2)CC1. The molecule has 1 saturated carbocycles. The maximum absolute atomic E-state index is 14.9. The Labute approximate surface area is 165 Å². The van der Waals surface area contributed by atoms with E-state index in [2.05, 4.69) is 6.92 Å². The monoisotopic (exact) mass is 384 g/mol. The second-order valence-electron chi connectivity index (χ2n) is 8.52. The van der Waals surface area contributed by atoms with Crippen LogP contribution in [-0.2, 0) is 0 Å². The summed E-state index contributed by atoms with van der Waals surface area (Å²) in [7, 11) is 0. The summed E-state index contributed by atoms with van der Waals surface area (Å²) < 4.78 is 42.0. The molecule has 2 aliphatic rings. The van der Waals surface area contributed by atoms with Crippen molar-refractivity contribution in [3.8, 4) is 11.1 Å². The first-order valence-corrected chi connectivity index (χ1v) is 10.5. The number of rotatable bonds is 3. The number of hydrogen-bond donors (Lipinski definition) is 0. The lowest BCUT2D eigenvalue weighted by Crippen LogP contribution is -2.17. The predicted molar refractivity (Wildman–Crippen MR) is 108 cm³/mol. The Kier molecular flexibility index (Phi) is 5.61. The molecule has 0 heterocycles. The van der Waals surface area contributed by atoms with Gasteiger partial charge in [-0.2, -0.15) is 0 Å². The maximum Gasteiger partial charge on any atom is 0.131 e. The van der Waals surface area contributed by atoms with Crippen molar-refractivity contribution < 1.29 is 13.2 Å². The summed E-state index contributed by atoms with van der Waals surface area (Å²) >= 11 is 0. The minimum absolute atomic E-state index is 0.237. The zero-order valence-corrected chi connectivity index (χ0v) is 16.4. The van der Waals surface area contributed by atoms with Crippen LogP contribution in [-0.4, -0.2) is 0 Å². The van der Waals surface area contributed by atoms with E-state index in [1.54, 1.807) is 12.1 Å². The molecule has 0 radical (unpaired) electrons. The van der Waals surface area contributed by atoms with E-state index in [1.807, 2.05) is 6.07 Å². The fourth-order valence-corrected chi connectivity index (χ4v) is 4.96. The lowest BCUT2D eigenvalue weighted by Gasteiger charge is -2.32. The molecule has 28 heavy (non-hydrogen) atoms. The molecular weight excluding hydrogens is 357 g/mol. The molecule has 4 rings (SSSR count). The molecule has 2 aliphatic carbocycles. The number of benzene rings is 2. The fourth-order valence-electron chi connectivity index (χ4n) is 4.96. The molecule has 0 spiro atoms. The topological polar surface area (TPSA) is 0 Å². The first-order valence-electron chi connectivity index (χ1n) is 10.5. The van der Waals surface area contributed by atoms with E-state index in [0.717, 1.165) is 36.8 Å². The normalized spacial score (nSPS) is 23.1. The summed E-state index contributed by atoms with van der Waals surface area (Å²) in [5.41, 5.74) is 4.25. The average molecular weight is 384 g/mol. The Hall–Kier alpha value is -2.03. The van der Waals surface area contributed by atoms with Gasteiger partial charge in [0.15, 0.2) is 0 Å². The van der Waals surface area contributed by atoms with Crippen molar-refractivity contribution >= 4 is 5.57 Å². The van der Waals surface area contributed by atoms with Gasteiger partial charge >= 0.3 is 0 Å².